The van der Waals surface area contributed by atoms with Crippen molar-refractivity contribution in [1.82, 2.24) is 19.6 Å². The summed E-state index contributed by atoms with van der Waals surface area (Å²) in [6.45, 7) is 2.69. The number of aromatic nitrogens is 2. The minimum Gasteiger partial charge on any atom is -0.371 e. The summed E-state index contributed by atoms with van der Waals surface area (Å²) < 4.78 is 90.4. The van der Waals surface area contributed by atoms with E-state index < -0.39 is 42.9 Å². The van der Waals surface area contributed by atoms with Crippen LogP contribution in [0, 0.1) is 0 Å². The molecule has 0 unspecified atom stereocenters. The van der Waals surface area contributed by atoms with E-state index in [0.717, 1.165) is 23.1 Å². The Kier molecular flexibility index (Phi) is 8.19. The van der Waals surface area contributed by atoms with Crippen molar-refractivity contribution in [1.29, 1.82) is 0 Å². The van der Waals surface area contributed by atoms with Crippen LogP contribution >= 0.6 is 0 Å². The molecule has 0 aliphatic carbocycles. The number of carbonyl (C=O) groups excluding carboxylic acids is 1. The average molecular weight is 593 g/mol. The Labute approximate surface area is 225 Å². The van der Waals surface area contributed by atoms with E-state index in [4.69, 9.17) is 0 Å². The second kappa shape index (κ2) is 11.0. The van der Waals surface area contributed by atoms with E-state index in [-0.39, 0.29) is 5.82 Å². The quantitative estimate of drug-likeness (QED) is 0.541. The zero-order valence-corrected chi connectivity index (χ0v) is 23.2. The molecule has 0 saturated carbocycles. The Bertz CT molecular complexity index is 1410. The largest absolute Gasteiger partial charge is 0.416 e. The Morgan fingerprint density at radius 3 is 2.21 bits per heavy atom. The molecule has 0 atom stereocenters. The second-order valence-corrected chi connectivity index (χ2v) is 14.0. The van der Waals surface area contributed by atoms with Crippen molar-refractivity contribution in [2.24, 2.45) is 0 Å². The first-order valence-corrected chi connectivity index (χ1v) is 16.1. The minimum absolute atomic E-state index is 0.0277. The lowest BCUT2D eigenvalue weighted by Crippen LogP contribution is -2.49. The summed E-state index contributed by atoms with van der Waals surface area (Å²) >= 11 is 0. The van der Waals surface area contributed by atoms with E-state index in [1.54, 1.807) is 4.90 Å². The zero-order valence-electron chi connectivity index (χ0n) is 21.6. The summed E-state index contributed by atoms with van der Waals surface area (Å²) in [5.74, 6) is 0.0277. The number of rotatable bonds is 6. The fourth-order valence-corrected chi connectivity index (χ4v) is 6.41. The highest BCUT2D eigenvalue weighted by atomic mass is 32.2. The highest BCUT2D eigenvalue weighted by Gasteiger charge is 2.33. The van der Waals surface area contributed by atoms with Crippen LogP contribution in [0.25, 0.3) is 0 Å². The molecule has 16 heteroatoms. The first-order chi connectivity index (χ1) is 18.1. The fraction of sp³-hybridized carbons (Fsp3) is 0.565. The van der Waals surface area contributed by atoms with Crippen molar-refractivity contribution in [2.75, 3.05) is 61.4 Å². The van der Waals surface area contributed by atoms with E-state index in [9.17, 15) is 34.8 Å². The first kappa shape index (κ1) is 29.1. The third-order valence-corrected chi connectivity index (χ3v) is 9.17. The molecule has 0 spiro atoms. The van der Waals surface area contributed by atoms with Gasteiger partial charge in [-0.05, 0) is 30.5 Å². The molecule has 0 bridgehead atoms. The van der Waals surface area contributed by atoms with Gasteiger partial charge in [-0.1, -0.05) is 6.07 Å². The molecule has 1 aromatic heterocycles. The Morgan fingerprint density at radius 1 is 1.00 bits per heavy atom. The van der Waals surface area contributed by atoms with E-state index in [1.807, 2.05) is 9.80 Å². The predicted molar refractivity (Wildman–Crippen MR) is 140 cm³/mol. The number of amides is 1. The first-order valence-electron chi connectivity index (χ1n) is 12.3. The van der Waals surface area contributed by atoms with E-state index in [1.165, 1.54) is 24.6 Å². The Morgan fingerprint density at radius 2 is 1.64 bits per heavy atom. The number of carbonyl (C=O) groups is 1. The fourth-order valence-electron chi connectivity index (χ4n) is 4.85. The van der Waals surface area contributed by atoms with Gasteiger partial charge < -0.3 is 9.80 Å². The Balaban J connectivity index is 1.43. The van der Waals surface area contributed by atoms with Gasteiger partial charge in [-0.2, -0.15) is 17.9 Å². The maximum absolute atomic E-state index is 13.5. The van der Waals surface area contributed by atoms with Crippen LogP contribution in [0.2, 0.25) is 0 Å². The third kappa shape index (κ3) is 7.42. The minimum atomic E-state index is -4.51. The van der Waals surface area contributed by atoms with E-state index >= 15 is 0 Å². The van der Waals surface area contributed by atoms with Gasteiger partial charge in [0, 0.05) is 70.0 Å². The van der Waals surface area contributed by atoms with Gasteiger partial charge in [-0.25, -0.2) is 21.6 Å². The van der Waals surface area contributed by atoms with Crippen LogP contribution in [0.3, 0.4) is 0 Å². The van der Waals surface area contributed by atoms with Crippen LogP contribution in [-0.2, 0) is 32.6 Å². The average Bonchev–Trinajstić information content (AvgIpc) is 3.30. The van der Waals surface area contributed by atoms with E-state index in [0.29, 0.717) is 69.9 Å². The third-order valence-electron chi connectivity index (χ3n) is 6.91. The smallest absolute Gasteiger partial charge is 0.371 e. The topological polar surface area (TPSA) is 125 Å². The number of anilines is 2. The molecule has 216 valence electrons. The monoisotopic (exact) mass is 592 g/mol. The summed E-state index contributed by atoms with van der Waals surface area (Å²) in [6, 6.07) is 4.62. The van der Waals surface area contributed by atoms with Crippen molar-refractivity contribution in [3.8, 4) is 0 Å². The van der Waals surface area contributed by atoms with Crippen LogP contribution < -0.4 is 9.62 Å². The highest BCUT2D eigenvalue weighted by Crippen LogP contribution is 2.35. The number of alkyl halides is 3. The van der Waals surface area contributed by atoms with Crippen molar-refractivity contribution < 1.29 is 34.8 Å². The van der Waals surface area contributed by atoms with Crippen molar-refractivity contribution >= 4 is 37.4 Å². The van der Waals surface area contributed by atoms with Crippen LogP contribution in [0.5, 0.6) is 0 Å². The molecule has 39 heavy (non-hydrogen) atoms. The van der Waals surface area contributed by atoms with Gasteiger partial charge in [0.2, 0.25) is 10.0 Å². The standard InChI is InChI=1S/C23H31F3N6O5S2/c1-38(34,35)19-5-8-30(9-6-19)20-15-18(23(24,25)26)4-3-17(20)16-29-11-13-31(14-12-29)22(33)32-10-7-21(27-32)28-39(2,36)37/h3-4,7,10,15,19H,5-6,8-9,11-14,16H2,1-2H3,(H,27,28). The molecular formula is C23H31F3N6O5S2. The molecule has 1 N–H and O–H groups in total. The summed E-state index contributed by atoms with van der Waals surface area (Å²) in [7, 11) is -6.75. The molecule has 4 rings (SSSR count). The Hall–Kier alpha value is -2.85. The molecule has 2 aromatic rings. The SMILES string of the molecule is CS(=O)(=O)Nc1ccn(C(=O)N2CCN(Cc3ccc(C(F)(F)F)cc3N3CCC(S(C)(=O)=O)CC3)CC2)n1. The molecule has 1 aromatic carbocycles. The molecule has 3 heterocycles. The molecule has 2 saturated heterocycles. The normalized spacial score (nSPS) is 18.4. The number of hydrogen-bond donors (Lipinski definition) is 1. The number of nitrogens with one attached hydrogen (secondary N) is 1. The van der Waals surface area contributed by atoms with E-state index in [2.05, 4.69) is 9.82 Å². The summed E-state index contributed by atoms with van der Waals surface area (Å²) in [5, 5.41) is 3.46. The predicted octanol–water partition coefficient (Wildman–Crippen LogP) is 2.07. The van der Waals surface area contributed by atoms with Crippen molar-refractivity contribution in [2.45, 2.75) is 30.8 Å². The summed E-state index contributed by atoms with van der Waals surface area (Å²) in [5.41, 5.74) is 0.382. The van der Waals surface area contributed by atoms with Gasteiger partial charge >= 0.3 is 12.2 Å². The van der Waals surface area contributed by atoms with Gasteiger partial charge in [-0.3, -0.25) is 9.62 Å². The lowest BCUT2D eigenvalue weighted by molar-refractivity contribution is -0.137. The van der Waals surface area contributed by atoms with Crippen LogP contribution in [0.1, 0.15) is 24.0 Å². The number of nitrogens with zero attached hydrogens (tertiary/aromatic N) is 5. The molecule has 0 radical (unpaired) electrons. The molecule has 2 aliphatic rings. The number of benzene rings is 1. The number of piperazine rings is 1. The van der Waals surface area contributed by atoms with Crippen LogP contribution in [0.15, 0.2) is 30.5 Å². The number of piperidine rings is 1. The number of sulfonamides is 1. The van der Waals surface area contributed by atoms with Gasteiger partial charge in [0.05, 0.1) is 17.1 Å². The molecule has 2 aliphatic heterocycles. The maximum Gasteiger partial charge on any atom is 0.416 e. The molecule has 11 nitrogen and oxygen atoms in total. The molecule has 2 fully saturated rings. The number of halogens is 3. The van der Waals surface area contributed by atoms with Gasteiger partial charge in [0.25, 0.3) is 0 Å². The second-order valence-electron chi connectivity index (χ2n) is 9.92. The molecular weight excluding hydrogens is 561 g/mol. The lowest BCUT2D eigenvalue weighted by Gasteiger charge is -2.37. The lowest BCUT2D eigenvalue weighted by atomic mass is 10.0. The van der Waals surface area contributed by atoms with Crippen LogP contribution in [-0.4, -0.2) is 99.5 Å². The highest BCUT2D eigenvalue weighted by molar-refractivity contribution is 7.92. The van der Waals surface area contributed by atoms with Crippen LogP contribution in [0.4, 0.5) is 29.5 Å². The zero-order chi connectivity index (χ0) is 28.6. The molecule has 1 amide bonds. The number of hydrogen-bond acceptors (Lipinski definition) is 8. The van der Waals surface area contributed by atoms with Crippen molar-refractivity contribution in [3.63, 3.8) is 0 Å². The summed E-state index contributed by atoms with van der Waals surface area (Å²) in [4.78, 5) is 18.2. The van der Waals surface area contributed by atoms with Crippen molar-refractivity contribution in [3.05, 3.63) is 41.6 Å². The summed E-state index contributed by atoms with van der Waals surface area (Å²) in [6.07, 6.45) is -0.274. The van der Waals surface area contributed by atoms with Gasteiger partial charge in [0.15, 0.2) is 5.82 Å². The number of sulfone groups is 1. The van der Waals surface area contributed by atoms with Gasteiger partial charge in [0.1, 0.15) is 9.84 Å². The van der Waals surface area contributed by atoms with Gasteiger partial charge in [-0.15, -0.1) is 5.10 Å². The maximum atomic E-state index is 13.5.